The molecule has 10 nitrogen and oxygen atoms in total. The maximum Gasteiger partial charge on any atom is 0.344 e. The first-order valence-corrected chi connectivity index (χ1v) is 18.0. The van der Waals surface area contributed by atoms with Crippen molar-refractivity contribution in [3.63, 3.8) is 0 Å². The first kappa shape index (κ1) is 30.9. The number of sulfonamides is 1. The summed E-state index contributed by atoms with van der Waals surface area (Å²) in [7, 11) is -8.50. The van der Waals surface area contributed by atoms with E-state index in [0.29, 0.717) is 31.2 Å². The van der Waals surface area contributed by atoms with Crippen molar-refractivity contribution in [3.8, 4) is 5.75 Å². The third kappa shape index (κ3) is 6.26. The van der Waals surface area contributed by atoms with Gasteiger partial charge in [0.25, 0.3) is 20.1 Å². The number of esters is 1. The first-order valence-electron chi connectivity index (χ1n) is 13.0. The Hall–Kier alpha value is -1.50. The monoisotopic (exact) mass is 829 g/mol. The van der Waals surface area contributed by atoms with Crippen LogP contribution in [0.25, 0.3) is 0 Å². The number of amides is 1. The highest BCUT2D eigenvalue weighted by Crippen LogP contribution is 2.63. The van der Waals surface area contributed by atoms with E-state index in [2.05, 4.69) is 4.72 Å². The van der Waals surface area contributed by atoms with Gasteiger partial charge in [0.1, 0.15) is 16.2 Å². The van der Waals surface area contributed by atoms with Crippen LogP contribution in [0.5, 0.6) is 5.75 Å². The van der Waals surface area contributed by atoms with Crippen LogP contribution in [0.3, 0.4) is 0 Å². The minimum atomic E-state index is -4.42. The topological polar surface area (TPSA) is 153 Å². The second-order valence-corrected chi connectivity index (χ2v) is 16.9. The fourth-order valence-corrected chi connectivity index (χ4v) is 12.5. The standard InChI is InChI=1S/C27H29I2NO9S2/c1-15-3-4-22(16(2)5-15)40(33,34)30-25(32)26-9-17-6-18(10-26)12-27(11-17,14-26)39-23(31)13-38-19-7-20(28)24(21(29)8-19)41(35,36)37/h3-5,7-8,17-18H,6,9-14H2,1-2H3,(H,30,32)(H,35,36,37). The molecular weight excluding hydrogens is 800 g/mol. The zero-order chi connectivity index (χ0) is 30.0. The second kappa shape index (κ2) is 10.9. The Morgan fingerprint density at radius 1 is 1.00 bits per heavy atom. The van der Waals surface area contributed by atoms with Crippen molar-refractivity contribution < 1.29 is 40.5 Å². The minimum Gasteiger partial charge on any atom is -0.482 e. The quantitative estimate of drug-likeness (QED) is 0.222. The normalized spacial score (nSPS) is 27.0. The highest BCUT2D eigenvalue weighted by molar-refractivity contribution is 14.1. The molecule has 2 unspecified atom stereocenters. The molecule has 4 aliphatic carbocycles. The predicted molar refractivity (Wildman–Crippen MR) is 164 cm³/mol. The van der Waals surface area contributed by atoms with E-state index in [1.54, 1.807) is 64.2 Å². The molecule has 4 aliphatic rings. The maximum absolute atomic E-state index is 13.6. The third-order valence-electron chi connectivity index (χ3n) is 8.25. The largest absolute Gasteiger partial charge is 0.482 e. The lowest BCUT2D eigenvalue weighted by Gasteiger charge is -2.60. The molecule has 2 aromatic rings. The molecular formula is C27H29I2NO9S2. The van der Waals surface area contributed by atoms with E-state index in [1.165, 1.54) is 18.2 Å². The molecule has 2 aromatic carbocycles. The summed E-state index contributed by atoms with van der Waals surface area (Å²) in [4.78, 5) is 26.4. The Kier molecular flexibility index (Phi) is 8.22. The fourth-order valence-electron chi connectivity index (χ4n) is 7.23. The molecule has 222 valence electrons. The van der Waals surface area contributed by atoms with Crippen LogP contribution in [-0.2, 0) is 34.5 Å². The highest BCUT2D eigenvalue weighted by Gasteiger charge is 2.62. The van der Waals surface area contributed by atoms with E-state index in [1.807, 2.05) is 6.92 Å². The molecule has 1 amide bonds. The number of hydrogen-bond acceptors (Lipinski definition) is 8. The average molecular weight is 829 g/mol. The number of ether oxygens (including phenoxy) is 2. The van der Waals surface area contributed by atoms with Crippen LogP contribution in [0.2, 0.25) is 0 Å². The summed E-state index contributed by atoms with van der Waals surface area (Å²) in [6, 6.07) is 7.75. The molecule has 4 bridgehead atoms. The van der Waals surface area contributed by atoms with Crippen LogP contribution >= 0.6 is 45.2 Å². The van der Waals surface area contributed by atoms with Crippen molar-refractivity contribution in [2.45, 2.75) is 67.8 Å². The molecule has 4 fully saturated rings. The van der Waals surface area contributed by atoms with Gasteiger partial charge in [-0.2, -0.15) is 8.42 Å². The van der Waals surface area contributed by atoms with E-state index >= 15 is 0 Å². The summed E-state index contributed by atoms with van der Waals surface area (Å²) >= 11 is 3.53. The van der Waals surface area contributed by atoms with Gasteiger partial charge >= 0.3 is 5.97 Å². The number of benzene rings is 2. The molecule has 4 saturated carbocycles. The summed E-state index contributed by atoms with van der Waals surface area (Å²) in [6.07, 6.45) is 3.45. The molecule has 0 aromatic heterocycles. The number of aryl methyl sites for hydroxylation is 2. The van der Waals surface area contributed by atoms with Crippen LogP contribution in [0, 0.1) is 38.2 Å². The van der Waals surface area contributed by atoms with E-state index in [9.17, 15) is 31.0 Å². The molecule has 0 radical (unpaired) electrons. The zero-order valence-corrected chi connectivity index (χ0v) is 28.2. The average Bonchev–Trinajstić information content (AvgIpc) is 2.79. The van der Waals surface area contributed by atoms with E-state index in [0.717, 1.165) is 12.0 Å². The molecule has 14 heteroatoms. The number of halogens is 2. The maximum atomic E-state index is 13.6. The lowest BCUT2D eigenvalue weighted by Crippen LogP contribution is -2.62. The SMILES string of the molecule is Cc1ccc(S(=O)(=O)NC(=O)C23CC4CC(CC(OC(=O)COc5cc(I)c(S(=O)(=O)O)c(I)c5)(C4)C2)C3)c(C)c1. The van der Waals surface area contributed by atoms with E-state index in [-0.39, 0.29) is 40.9 Å². The van der Waals surface area contributed by atoms with Gasteiger partial charge in [0.05, 0.1) is 10.3 Å². The van der Waals surface area contributed by atoms with E-state index in [4.69, 9.17) is 9.47 Å². The lowest BCUT2D eigenvalue weighted by molar-refractivity contribution is -0.204. The van der Waals surface area contributed by atoms with Gasteiger partial charge in [-0.15, -0.1) is 0 Å². The number of hydrogen-bond donors (Lipinski definition) is 2. The van der Waals surface area contributed by atoms with Gasteiger partial charge in [-0.25, -0.2) is 17.9 Å². The molecule has 0 saturated heterocycles. The van der Waals surface area contributed by atoms with E-state index < -0.39 is 49.6 Å². The molecule has 41 heavy (non-hydrogen) atoms. The third-order valence-corrected chi connectivity index (χ3v) is 13.1. The van der Waals surface area contributed by atoms with Crippen LogP contribution in [-0.4, -0.2) is 45.5 Å². The lowest BCUT2D eigenvalue weighted by atomic mass is 9.47. The Labute approximate surface area is 266 Å². The van der Waals surface area contributed by atoms with Gasteiger partial charge < -0.3 is 9.47 Å². The van der Waals surface area contributed by atoms with Crippen molar-refractivity contribution in [1.82, 2.24) is 4.72 Å². The van der Waals surface area contributed by atoms with Gasteiger partial charge in [-0.05, 0) is 127 Å². The number of carbonyl (C=O) groups is 2. The summed E-state index contributed by atoms with van der Waals surface area (Å²) in [5.41, 5.74) is -0.364. The summed E-state index contributed by atoms with van der Waals surface area (Å²) in [6.45, 7) is 3.12. The highest BCUT2D eigenvalue weighted by atomic mass is 127. The van der Waals surface area contributed by atoms with Gasteiger partial charge in [0, 0.05) is 13.6 Å². The number of rotatable bonds is 8. The number of carbonyl (C=O) groups excluding carboxylic acids is 2. The summed E-state index contributed by atoms with van der Waals surface area (Å²) < 4.78 is 73.5. The zero-order valence-electron chi connectivity index (χ0n) is 22.3. The predicted octanol–water partition coefficient (Wildman–Crippen LogP) is 4.53. The Morgan fingerprint density at radius 2 is 1.61 bits per heavy atom. The van der Waals surface area contributed by atoms with Gasteiger partial charge in [0.15, 0.2) is 6.61 Å². The molecule has 0 aliphatic heterocycles. The molecule has 2 N–H and O–H groups in total. The van der Waals surface area contributed by atoms with Crippen LogP contribution in [0.4, 0.5) is 0 Å². The molecule has 0 heterocycles. The molecule has 0 spiro atoms. The molecule has 2 atom stereocenters. The Balaban J connectivity index is 1.30. The number of nitrogens with one attached hydrogen (secondary N) is 1. The van der Waals surface area contributed by atoms with Crippen molar-refractivity contribution in [3.05, 3.63) is 48.6 Å². The summed E-state index contributed by atoms with van der Waals surface area (Å²) in [5, 5.41) is 0. The Bertz CT molecular complexity index is 1620. The van der Waals surface area contributed by atoms with Crippen LogP contribution in [0.1, 0.15) is 49.7 Å². The van der Waals surface area contributed by atoms with Crippen molar-refractivity contribution in [2.24, 2.45) is 17.3 Å². The smallest absolute Gasteiger partial charge is 0.344 e. The fraction of sp³-hybridized carbons (Fsp3) is 0.481. The van der Waals surface area contributed by atoms with Gasteiger partial charge in [-0.3, -0.25) is 9.35 Å². The Morgan fingerprint density at radius 3 is 2.17 bits per heavy atom. The molecule has 6 rings (SSSR count). The minimum absolute atomic E-state index is 0.0633. The summed E-state index contributed by atoms with van der Waals surface area (Å²) in [5.74, 6) is -0.673. The second-order valence-electron chi connectivity index (χ2n) is 11.6. The van der Waals surface area contributed by atoms with Gasteiger partial charge in [0.2, 0.25) is 5.91 Å². The van der Waals surface area contributed by atoms with Gasteiger partial charge in [-0.1, -0.05) is 17.7 Å². The van der Waals surface area contributed by atoms with Crippen LogP contribution in [0.15, 0.2) is 40.1 Å². The first-order chi connectivity index (χ1) is 19.0. The van der Waals surface area contributed by atoms with Crippen molar-refractivity contribution in [1.29, 1.82) is 0 Å². The van der Waals surface area contributed by atoms with Crippen molar-refractivity contribution in [2.75, 3.05) is 6.61 Å². The van der Waals surface area contributed by atoms with Crippen LogP contribution < -0.4 is 9.46 Å². The van der Waals surface area contributed by atoms with Crippen molar-refractivity contribution >= 4 is 77.2 Å².